The SMILES string of the molecule is CC(C)OCC(=O)Nc1ccccc1C(F)(F)F. The number of halogens is 3. The smallest absolute Gasteiger partial charge is 0.369 e. The molecule has 1 aromatic rings. The molecule has 3 nitrogen and oxygen atoms in total. The molecular weight excluding hydrogens is 247 g/mol. The molecule has 0 saturated heterocycles. The molecule has 0 heterocycles. The van der Waals surface area contributed by atoms with Crippen LogP contribution in [0.2, 0.25) is 0 Å². The van der Waals surface area contributed by atoms with Crippen LogP contribution < -0.4 is 5.32 Å². The number of nitrogens with one attached hydrogen (secondary N) is 1. The lowest BCUT2D eigenvalue weighted by Crippen LogP contribution is -2.22. The Morgan fingerprint density at radius 3 is 2.50 bits per heavy atom. The molecule has 1 rings (SSSR count). The Morgan fingerprint density at radius 1 is 1.33 bits per heavy atom. The van der Waals surface area contributed by atoms with Gasteiger partial charge in [-0.3, -0.25) is 4.79 Å². The van der Waals surface area contributed by atoms with Crippen LogP contribution in [0.3, 0.4) is 0 Å². The molecule has 0 unspecified atom stereocenters. The van der Waals surface area contributed by atoms with Gasteiger partial charge in [-0.05, 0) is 26.0 Å². The second-order valence-electron chi connectivity index (χ2n) is 3.95. The summed E-state index contributed by atoms with van der Waals surface area (Å²) in [7, 11) is 0. The van der Waals surface area contributed by atoms with Crippen LogP contribution in [0.25, 0.3) is 0 Å². The molecule has 0 saturated carbocycles. The van der Waals surface area contributed by atoms with E-state index < -0.39 is 17.6 Å². The zero-order valence-electron chi connectivity index (χ0n) is 10.0. The van der Waals surface area contributed by atoms with E-state index in [-0.39, 0.29) is 18.4 Å². The van der Waals surface area contributed by atoms with Crippen LogP contribution in [-0.2, 0) is 15.7 Å². The van der Waals surface area contributed by atoms with E-state index >= 15 is 0 Å². The van der Waals surface area contributed by atoms with Gasteiger partial charge in [-0.15, -0.1) is 0 Å². The predicted molar refractivity (Wildman–Crippen MR) is 61.2 cm³/mol. The highest BCUT2D eigenvalue weighted by molar-refractivity contribution is 5.92. The number of anilines is 1. The zero-order valence-corrected chi connectivity index (χ0v) is 10.0. The molecule has 0 aliphatic carbocycles. The number of alkyl halides is 3. The number of ether oxygens (including phenoxy) is 1. The normalized spacial score (nSPS) is 11.7. The standard InChI is InChI=1S/C12H14F3NO2/c1-8(2)18-7-11(17)16-10-6-4-3-5-9(10)12(13,14)15/h3-6,8H,7H2,1-2H3,(H,16,17). The average Bonchev–Trinajstić information content (AvgIpc) is 2.25. The Kier molecular flexibility index (Phi) is 4.72. The molecule has 1 N–H and O–H groups in total. The minimum absolute atomic E-state index is 0.159. The van der Waals surface area contributed by atoms with Gasteiger partial charge in [0.15, 0.2) is 0 Å². The number of benzene rings is 1. The maximum absolute atomic E-state index is 12.6. The van der Waals surface area contributed by atoms with Crippen LogP contribution in [0.15, 0.2) is 24.3 Å². The fourth-order valence-corrected chi connectivity index (χ4v) is 1.27. The molecule has 0 aliphatic heterocycles. The van der Waals surface area contributed by atoms with Crippen molar-refractivity contribution < 1.29 is 22.7 Å². The third-order valence-electron chi connectivity index (χ3n) is 2.05. The second-order valence-corrected chi connectivity index (χ2v) is 3.95. The molecule has 0 atom stereocenters. The van der Waals surface area contributed by atoms with E-state index in [1.54, 1.807) is 13.8 Å². The summed E-state index contributed by atoms with van der Waals surface area (Å²) in [5.74, 6) is -0.611. The highest BCUT2D eigenvalue weighted by atomic mass is 19.4. The maximum atomic E-state index is 12.6. The topological polar surface area (TPSA) is 38.3 Å². The van der Waals surface area contributed by atoms with E-state index in [0.29, 0.717) is 0 Å². The van der Waals surface area contributed by atoms with Gasteiger partial charge in [0.1, 0.15) is 6.61 Å². The lowest BCUT2D eigenvalue weighted by molar-refractivity contribution is -0.137. The van der Waals surface area contributed by atoms with Crippen LogP contribution in [0.1, 0.15) is 19.4 Å². The van der Waals surface area contributed by atoms with Gasteiger partial charge in [0.25, 0.3) is 0 Å². The molecule has 0 aromatic heterocycles. The molecule has 0 radical (unpaired) electrons. The van der Waals surface area contributed by atoms with Gasteiger partial charge < -0.3 is 10.1 Å². The number of hydrogen-bond donors (Lipinski definition) is 1. The fourth-order valence-electron chi connectivity index (χ4n) is 1.27. The third kappa shape index (κ3) is 4.37. The van der Waals surface area contributed by atoms with Crippen LogP contribution in [0.4, 0.5) is 18.9 Å². The van der Waals surface area contributed by atoms with Crippen LogP contribution in [-0.4, -0.2) is 18.6 Å². The van der Waals surface area contributed by atoms with Crippen molar-refractivity contribution in [1.82, 2.24) is 0 Å². The number of carbonyl (C=O) groups is 1. The van der Waals surface area contributed by atoms with Crippen LogP contribution >= 0.6 is 0 Å². The van der Waals surface area contributed by atoms with Crippen molar-refractivity contribution in [1.29, 1.82) is 0 Å². The van der Waals surface area contributed by atoms with Crippen molar-refractivity contribution in [2.75, 3.05) is 11.9 Å². The Balaban J connectivity index is 2.76. The number of carbonyl (C=O) groups excluding carboxylic acids is 1. The van der Waals surface area contributed by atoms with Gasteiger partial charge in [0.2, 0.25) is 5.91 Å². The molecule has 0 bridgehead atoms. The first-order chi connectivity index (χ1) is 8.30. The summed E-state index contributed by atoms with van der Waals surface area (Å²) < 4.78 is 42.9. The van der Waals surface area contributed by atoms with E-state index in [9.17, 15) is 18.0 Å². The first-order valence-corrected chi connectivity index (χ1v) is 5.38. The van der Waals surface area contributed by atoms with E-state index in [0.717, 1.165) is 6.07 Å². The van der Waals surface area contributed by atoms with Crippen LogP contribution in [0.5, 0.6) is 0 Å². The van der Waals surface area contributed by atoms with Crippen molar-refractivity contribution in [3.05, 3.63) is 29.8 Å². The summed E-state index contributed by atoms with van der Waals surface area (Å²) in [6.07, 6.45) is -4.66. The molecule has 1 amide bonds. The second kappa shape index (κ2) is 5.86. The van der Waals surface area contributed by atoms with Gasteiger partial charge in [-0.25, -0.2) is 0 Å². The molecule has 100 valence electrons. The first kappa shape index (κ1) is 14.5. The van der Waals surface area contributed by atoms with Gasteiger partial charge in [-0.2, -0.15) is 13.2 Å². The van der Waals surface area contributed by atoms with Crippen molar-refractivity contribution in [3.63, 3.8) is 0 Å². The molecule has 0 aliphatic rings. The lowest BCUT2D eigenvalue weighted by Gasteiger charge is -2.14. The number of rotatable bonds is 4. The Morgan fingerprint density at radius 2 is 1.94 bits per heavy atom. The molecule has 18 heavy (non-hydrogen) atoms. The largest absolute Gasteiger partial charge is 0.418 e. The number of hydrogen-bond acceptors (Lipinski definition) is 2. The fraction of sp³-hybridized carbons (Fsp3) is 0.417. The molecule has 0 fully saturated rings. The van der Waals surface area contributed by atoms with Gasteiger partial charge >= 0.3 is 6.18 Å². The molecule has 1 aromatic carbocycles. The molecule has 0 spiro atoms. The summed E-state index contributed by atoms with van der Waals surface area (Å²) >= 11 is 0. The highest BCUT2D eigenvalue weighted by Crippen LogP contribution is 2.34. The number of amides is 1. The summed E-state index contributed by atoms with van der Waals surface area (Å²) in [5.41, 5.74) is -1.13. The minimum Gasteiger partial charge on any atom is -0.369 e. The van der Waals surface area contributed by atoms with E-state index in [1.165, 1.54) is 18.2 Å². The number of para-hydroxylation sites is 1. The van der Waals surface area contributed by atoms with E-state index in [2.05, 4.69) is 5.32 Å². The summed E-state index contributed by atoms with van der Waals surface area (Å²) in [5, 5.41) is 2.19. The van der Waals surface area contributed by atoms with Crippen molar-refractivity contribution >= 4 is 11.6 Å². The predicted octanol–water partition coefficient (Wildman–Crippen LogP) is 3.07. The maximum Gasteiger partial charge on any atom is 0.418 e. The summed E-state index contributed by atoms with van der Waals surface area (Å²) in [6.45, 7) is 3.19. The molecular formula is C12H14F3NO2. The average molecular weight is 261 g/mol. The Hall–Kier alpha value is -1.56. The highest BCUT2D eigenvalue weighted by Gasteiger charge is 2.33. The van der Waals surface area contributed by atoms with E-state index in [4.69, 9.17) is 4.74 Å². The minimum atomic E-state index is -4.50. The lowest BCUT2D eigenvalue weighted by atomic mass is 10.1. The van der Waals surface area contributed by atoms with Gasteiger partial charge in [-0.1, -0.05) is 12.1 Å². The monoisotopic (exact) mass is 261 g/mol. The quantitative estimate of drug-likeness (QED) is 0.904. The summed E-state index contributed by atoms with van der Waals surface area (Å²) in [4.78, 5) is 11.4. The third-order valence-corrected chi connectivity index (χ3v) is 2.05. The summed E-state index contributed by atoms with van der Waals surface area (Å²) in [6, 6.07) is 4.81. The Bertz CT molecular complexity index is 416. The van der Waals surface area contributed by atoms with Gasteiger partial charge in [0, 0.05) is 0 Å². The molecule has 6 heteroatoms. The van der Waals surface area contributed by atoms with Crippen molar-refractivity contribution in [2.24, 2.45) is 0 Å². The zero-order chi connectivity index (χ0) is 13.8. The van der Waals surface area contributed by atoms with Crippen molar-refractivity contribution in [2.45, 2.75) is 26.1 Å². The Labute approximate surface area is 103 Å². The van der Waals surface area contributed by atoms with Gasteiger partial charge in [0.05, 0.1) is 17.4 Å². The van der Waals surface area contributed by atoms with E-state index in [1.807, 2.05) is 0 Å². The van der Waals surface area contributed by atoms with Crippen molar-refractivity contribution in [3.8, 4) is 0 Å². The van der Waals surface area contributed by atoms with Crippen LogP contribution in [0, 0.1) is 0 Å². The first-order valence-electron chi connectivity index (χ1n) is 5.38.